The molecule has 0 aliphatic heterocycles. The van der Waals surface area contributed by atoms with E-state index in [-0.39, 0.29) is 0 Å². The Morgan fingerprint density at radius 3 is 2.67 bits per heavy atom. The van der Waals surface area contributed by atoms with Gasteiger partial charge in [0.2, 0.25) is 0 Å². The summed E-state index contributed by atoms with van der Waals surface area (Å²) in [5.41, 5.74) is 4.97. The minimum atomic E-state index is 0.653. The molecule has 0 saturated heterocycles. The largest absolute Gasteiger partial charge is 0.381 e. The summed E-state index contributed by atoms with van der Waals surface area (Å²) < 4.78 is 5.14. The molecular formula is C16H19NO. The number of hydrogen-bond acceptors (Lipinski definition) is 2. The second kappa shape index (κ2) is 6.22. The Morgan fingerprint density at radius 2 is 1.89 bits per heavy atom. The summed E-state index contributed by atoms with van der Waals surface area (Å²) in [6.45, 7) is 3.64. The Labute approximate surface area is 109 Å². The molecule has 0 bridgehead atoms. The van der Waals surface area contributed by atoms with Crippen LogP contribution in [0.4, 0.5) is 5.69 Å². The number of anilines is 1. The van der Waals surface area contributed by atoms with E-state index in [2.05, 4.69) is 60.8 Å². The van der Waals surface area contributed by atoms with Crippen molar-refractivity contribution in [3.63, 3.8) is 0 Å². The molecule has 0 spiro atoms. The molecule has 0 aliphatic rings. The molecule has 94 valence electrons. The van der Waals surface area contributed by atoms with Gasteiger partial charge in [0.05, 0.1) is 6.61 Å². The van der Waals surface area contributed by atoms with Crippen LogP contribution in [-0.4, -0.2) is 7.11 Å². The highest BCUT2D eigenvalue weighted by Gasteiger charge is 1.98. The molecule has 2 nitrogen and oxygen atoms in total. The summed E-state index contributed by atoms with van der Waals surface area (Å²) in [5.74, 6) is 0. The number of hydrogen-bond donors (Lipinski definition) is 1. The topological polar surface area (TPSA) is 21.3 Å². The molecule has 2 aromatic rings. The Kier molecular flexibility index (Phi) is 4.37. The lowest BCUT2D eigenvalue weighted by Crippen LogP contribution is -2.01. The van der Waals surface area contributed by atoms with Gasteiger partial charge in [0.15, 0.2) is 0 Å². The molecule has 0 saturated carbocycles. The normalized spacial score (nSPS) is 10.3. The van der Waals surface area contributed by atoms with E-state index in [0.717, 1.165) is 12.2 Å². The first-order valence-corrected chi connectivity index (χ1v) is 6.16. The van der Waals surface area contributed by atoms with Gasteiger partial charge in [-0.3, -0.25) is 0 Å². The third-order valence-electron chi connectivity index (χ3n) is 2.98. The summed E-state index contributed by atoms with van der Waals surface area (Å²) in [5, 5.41) is 3.45. The van der Waals surface area contributed by atoms with E-state index in [1.165, 1.54) is 16.7 Å². The minimum Gasteiger partial charge on any atom is -0.381 e. The number of methoxy groups -OCH3 is 1. The van der Waals surface area contributed by atoms with E-state index < -0.39 is 0 Å². The van der Waals surface area contributed by atoms with E-state index in [1.807, 2.05) is 0 Å². The molecule has 0 heterocycles. The number of benzene rings is 2. The Hall–Kier alpha value is -1.80. The number of rotatable bonds is 5. The molecule has 0 amide bonds. The van der Waals surface area contributed by atoms with Gasteiger partial charge in [-0.2, -0.15) is 0 Å². The number of nitrogens with one attached hydrogen (secondary N) is 1. The highest BCUT2D eigenvalue weighted by molar-refractivity contribution is 5.46. The van der Waals surface area contributed by atoms with Crippen molar-refractivity contribution in [3.05, 3.63) is 65.2 Å². The quantitative estimate of drug-likeness (QED) is 0.860. The van der Waals surface area contributed by atoms with Crippen LogP contribution in [0, 0.1) is 6.92 Å². The average Bonchev–Trinajstić information content (AvgIpc) is 2.39. The highest BCUT2D eigenvalue weighted by Crippen LogP contribution is 2.14. The molecular weight excluding hydrogens is 222 g/mol. The van der Waals surface area contributed by atoms with Crippen LogP contribution in [-0.2, 0) is 17.9 Å². The first kappa shape index (κ1) is 12.7. The molecule has 0 radical (unpaired) electrons. The van der Waals surface area contributed by atoms with Gasteiger partial charge in [-0.15, -0.1) is 0 Å². The number of ether oxygens (including phenoxy) is 1. The van der Waals surface area contributed by atoms with Crippen LogP contribution in [0.1, 0.15) is 16.7 Å². The first-order valence-electron chi connectivity index (χ1n) is 6.16. The molecule has 0 fully saturated rings. The first-order chi connectivity index (χ1) is 8.79. The van der Waals surface area contributed by atoms with Crippen LogP contribution in [0.2, 0.25) is 0 Å². The van der Waals surface area contributed by atoms with Gasteiger partial charge in [0.1, 0.15) is 0 Å². The van der Waals surface area contributed by atoms with Crippen molar-refractivity contribution >= 4 is 5.69 Å². The maximum Gasteiger partial charge on any atom is 0.0713 e. The fraction of sp³-hybridized carbons (Fsp3) is 0.250. The van der Waals surface area contributed by atoms with Crippen LogP contribution in [0.5, 0.6) is 0 Å². The molecule has 2 heteroatoms. The van der Waals surface area contributed by atoms with Crippen molar-refractivity contribution in [2.24, 2.45) is 0 Å². The maximum atomic E-state index is 5.14. The van der Waals surface area contributed by atoms with Crippen molar-refractivity contribution in [2.45, 2.75) is 20.1 Å². The average molecular weight is 241 g/mol. The van der Waals surface area contributed by atoms with Crippen LogP contribution in [0.15, 0.2) is 48.5 Å². The Bertz CT molecular complexity index is 508. The Morgan fingerprint density at radius 1 is 1.06 bits per heavy atom. The standard InChI is InChI=1S/C16H19NO/c1-13-6-3-4-8-15(13)11-17-16-9-5-7-14(10-16)12-18-2/h3-10,17H,11-12H2,1-2H3. The zero-order chi connectivity index (χ0) is 12.8. The van der Waals surface area contributed by atoms with Crippen LogP contribution in [0.25, 0.3) is 0 Å². The Balaban J connectivity index is 2.02. The van der Waals surface area contributed by atoms with E-state index in [0.29, 0.717) is 6.61 Å². The summed E-state index contributed by atoms with van der Waals surface area (Å²) in [7, 11) is 1.72. The lowest BCUT2D eigenvalue weighted by molar-refractivity contribution is 0.185. The summed E-state index contributed by atoms with van der Waals surface area (Å²) in [6, 6.07) is 16.8. The smallest absolute Gasteiger partial charge is 0.0713 e. The highest BCUT2D eigenvalue weighted by atomic mass is 16.5. The van der Waals surface area contributed by atoms with Gasteiger partial charge in [-0.05, 0) is 35.7 Å². The lowest BCUT2D eigenvalue weighted by Gasteiger charge is -2.10. The molecule has 2 rings (SSSR count). The van der Waals surface area contributed by atoms with Crippen molar-refractivity contribution < 1.29 is 4.74 Å². The van der Waals surface area contributed by atoms with Crippen molar-refractivity contribution in [2.75, 3.05) is 12.4 Å². The van der Waals surface area contributed by atoms with Crippen molar-refractivity contribution in [1.29, 1.82) is 0 Å². The third kappa shape index (κ3) is 3.34. The monoisotopic (exact) mass is 241 g/mol. The predicted octanol–water partition coefficient (Wildman–Crippen LogP) is 3.75. The lowest BCUT2D eigenvalue weighted by atomic mass is 10.1. The zero-order valence-corrected chi connectivity index (χ0v) is 10.9. The predicted molar refractivity (Wildman–Crippen MR) is 75.7 cm³/mol. The fourth-order valence-corrected chi connectivity index (χ4v) is 1.94. The van der Waals surface area contributed by atoms with Gasteiger partial charge in [-0.1, -0.05) is 36.4 Å². The van der Waals surface area contributed by atoms with E-state index >= 15 is 0 Å². The maximum absolute atomic E-state index is 5.14. The van der Waals surface area contributed by atoms with Gasteiger partial charge < -0.3 is 10.1 Å². The summed E-state index contributed by atoms with van der Waals surface area (Å²) in [6.07, 6.45) is 0. The van der Waals surface area contributed by atoms with Gasteiger partial charge in [0, 0.05) is 19.3 Å². The van der Waals surface area contributed by atoms with E-state index in [4.69, 9.17) is 4.74 Å². The second-order valence-electron chi connectivity index (χ2n) is 4.41. The van der Waals surface area contributed by atoms with Gasteiger partial charge in [-0.25, -0.2) is 0 Å². The van der Waals surface area contributed by atoms with Crippen molar-refractivity contribution in [3.8, 4) is 0 Å². The summed E-state index contributed by atoms with van der Waals surface area (Å²) >= 11 is 0. The molecule has 0 aliphatic carbocycles. The fourth-order valence-electron chi connectivity index (χ4n) is 1.94. The van der Waals surface area contributed by atoms with Gasteiger partial charge >= 0.3 is 0 Å². The molecule has 0 atom stereocenters. The zero-order valence-electron chi connectivity index (χ0n) is 10.9. The molecule has 2 aromatic carbocycles. The van der Waals surface area contributed by atoms with E-state index in [9.17, 15) is 0 Å². The van der Waals surface area contributed by atoms with Crippen molar-refractivity contribution in [1.82, 2.24) is 0 Å². The molecule has 0 unspecified atom stereocenters. The van der Waals surface area contributed by atoms with E-state index in [1.54, 1.807) is 7.11 Å². The summed E-state index contributed by atoms with van der Waals surface area (Å²) in [4.78, 5) is 0. The third-order valence-corrected chi connectivity index (χ3v) is 2.98. The molecule has 0 aromatic heterocycles. The minimum absolute atomic E-state index is 0.653. The SMILES string of the molecule is COCc1cccc(NCc2ccccc2C)c1. The number of aryl methyl sites for hydroxylation is 1. The molecule has 18 heavy (non-hydrogen) atoms. The van der Waals surface area contributed by atoms with Gasteiger partial charge in [0.25, 0.3) is 0 Å². The molecule has 1 N–H and O–H groups in total. The van der Waals surface area contributed by atoms with Crippen LogP contribution in [0.3, 0.4) is 0 Å². The van der Waals surface area contributed by atoms with Crippen LogP contribution >= 0.6 is 0 Å². The van der Waals surface area contributed by atoms with Crippen LogP contribution < -0.4 is 5.32 Å². The second-order valence-corrected chi connectivity index (χ2v) is 4.41.